The molecule has 9 nitrogen and oxygen atoms in total. The minimum Gasteiger partial charge on any atom is -0.511 e. The van der Waals surface area contributed by atoms with Crippen LogP contribution in [0.15, 0.2) is 34.8 Å². The average Bonchev–Trinajstić information content (AvgIpc) is 2.67. The van der Waals surface area contributed by atoms with E-state index in [1.165, 1.54) is 6.07 Å². The Kier molecular flexibility index (Phi) is 4.90. The maximum atomic E-state index is 13.3. The van der Waals surface area contributed by atoms with Gasteiger partial charge in [0.2, 0.25) is 0 Å². The monoisotopic (exact) mass is 427 g/mol. The van der Waals surface area contributed by atoms with Crippen LogP contribution in [0.25, 0.3) is 0 Å². The first kappa shape index (κ1) is 21.1. The lowest BCUT2D eigenvalue weighted by molar-refractivity contribution is -0.127. The third-order valence-electron chi connectivity index (χ3n) is 6.77. The fraction of sp³-hybridized carbons (Fsp3) is 0.409. The maximum absolute atomic E-state index is 13.3. The van der Waals surface area contributed by atoms with Gasteiger partial charge in [-0.3, -0.25) is 19.3 Å². The molecule has 9 heteroatoms. The number of rotatable bonds is 3. The van der Waals surface area contributed by atoms with Crippen molar-refractivity contribution >= 4 is 17.5 Å². The number of primary amides is 1. The van der Waals surface area contributed by atoms with E-state index in [1.54, 1.807) is 25.1 Å². The number of hydrogen-bond acceptors (Lipinski definition) is 8. The lowest BCUT2D eigenvalue weighted by Gasteiger charge is -2.46. The highest BCUT2D eigenvalue weighted by Gasteiger charge is 2.54. The molecular formula is C22H25N3O6. The van der Waals surface area contributed by atoms with Crippen LogP contribution >= 0.6 is 0 Å². The Morgan fingerprint density at radius 2 is 1.84 bits per heavy atom. The molecule has 0 heterocycles. The van der Waals surface area contributed by atoms with Gasteiger partial charge in [0.1, 0.15) is 22.8 Å². The van der Waals surface area contributed by atoms with Gasteiger partial charge >= 0.3 is 0 Å². The summed E-state index contributed by atoms with van der Waals surface area (Å²) in [6, 6.07) is 2.33. The van der Waals surface area contributed by atoms with Crippen LogP contribution in [0.2, 0.25) is 0 Å². The zero-order valence-corrected chi connectivity index (χ0v) is 17.3. The van der Waals surface area contributed by atoms with Crippen molar-refractivity contribution in [3.63, 3.8) is 0 Å². The summed E-state index contributed by atoms with van der Waals surface area (Å²) in [7, 11) is 3.38. The molecule has 31 heavy (non-hydrogen) atoms. The number of likely N-dealkylation sites (N-methyl/N-ethyl adjacent to an activating group) is 1. The summed E-state index contributed by atoms with van der Waals surface area (Å²) >= 11 is 0. The smallest absolute Gasteiger partial charge is 0.255 e. The molecule has 0 aliphatic heterocycles. The molecule has 7 N–H and O–H groups in total. The van der Waals surface area contributed by atoms with E-state index in [0.29, 0.717) is 18.4 Å². The second kappa shape index (κ2) is 7.21. The van der Waals surface area contributed by atoms with E-state index in [1.807, 2.05) is 0 Å². The van der Waals surface area contributed by atoms with Crippen LogP contribution in [-0.4, -0.2) is 57.8 Å². The Bertz CT molecular complexity index is 1090. The molecule has 0 aromatic heterocycles. The number of aromatic hydroxyl groups is 1. The first-order chi connectivity index (χ1) is 14.6. The topological polar surface area (TPSA) is 167 Å². The second-order valence-electron chi connectivity index (χ2n) is 8.60. The van der Waals surface area contributed by atoms with Crippen LogP contribution in [0.4, 0.5) is 0 Å². The minimum atomic E-state index is -1.18. The number of carbonyl (C=O) groups excluding carboxylic acids is 3. The first-order valence-electron chi connectivity index (χ1n) is 10.0. The average molecular weight is 427 g/mol. The summed E-state index contributed by atoms with van der Waals surface area (Å²) in [5.41, 5.74) is 12.1. The number of Topliss-reactive ketones (excluding diaryl/α,β-unsaturated/α-hetero) is 2. The van der Waals surface area contributed by atoms with Gasteiger partial charge in [-0.2, -0.15) is 0 Å². The first-order valence-corrected chi connectivity index (χ1v) is 10.0. The molecule has 0 fully saturated rings. The van der Waals surface area contributed by atoms with E-state index in [2.05, 4.69) is 0 Å². The number of hydrogen-bond donors (Lipinski definition) is 5. The summed E-state index contributed by atoms with van der Waals surface area (Å²) in [5, 5.41) is 32.1. The maximum Gasteiger partial charge on any atom is 0.255 e. The van der Waals surface area contributed by atoms with E-state index in [-0.39, 0.29) is 23.4 Å². The molecule has 4 rings (SSSR count). The number of nitrogens with two attached hydrogens (primary N) is 2. The molecule has 0 saturated carbocycles. The molecule has 3 aliphatic carbocycles. The highest BCUT2D eigenvalue weighted by Crippen LogP contribution is 2.50. The highest BCUT2D eigenvalue weighted by molar-refractivity contribution is 6.22. The van der Waals surface area contributed by atoms with Gasteiger partial charge in [0, 0.05) is 12.1 Å². The number of benzene rings is 1. The Balaban J connectivity index is 1.91. The van der Waals surface area contributed by atoms with Crippen LogP contribution in [0.5, 0.6) is 5.75 Å². The zero-order valence-electron chi connectivity index (χ0n) is 17.3. The molecule has 1 aromatic rings. The normalized spacial score (nSPS) is 27.9. The molecule has 164 valence electrons. The molecule has 0 radical (unpaired) electrons. The van der Waals surface area contributed by atoms with Crippen LogP contribution < -0.4 is 11.5 Å². The van der Waals surface area contributed by atoms with Crippen LogP contribution in [-0.2, 0) is 22.6 Å². The number of nitrogens with zero attached hydrogens (tertiary/aromatic N) is 1. The number of allylic oxidation sites excluding steroid dienone is 2. The van der Waals surface area contributed by atoms with E-state index in [4.69, 9.17) is 11.5 Å². The number of amides is 1. The second-order valence-corrected chi connectivity index (χ2v) is 8.60. The molecule has 4 atom stereocenters. The lowest BCUT2D eigenvalue weighted by Crippen LogP contribution is -2.53. The van der Waals surface area contributed by atoms with E-state index in [9.17, 15) is 29.7 Å². The van der Waals surface area contributed by atoms with E-state index < -0.39 is 58.4 Å². The third kappa shape index (κ3) is 2.88. The van der Waals surface area contributed by atoms with E-state index >= 15 is 0 Å². The van der Waals surface area contributed by atoms with Crippen LogP contribution in [0.3, 0.4) is 0 Å². The Morgan fingerprint density at radius 3 is 2.42 bits per heavy atom. The van der Waals surface area contributed by atoms with Gasteiger partial charge in [-0.05, 0) is 56.0 Å². The van der Waals surface area contributed by atoms with Gasteiger partial charge in [-0.1, -0.05) is 6.07 Å². The summed E-state index contributed by atoms with van der Waals surface area (Å²) in [4.78, 5) is 40.0. The third-order valence-corrected chi connectivity index (χ3v) is 6.77. The minimum absolute atomic E-state index is 0.0642. The highest BCUT2D eigenvalue weighted by atomic mass is 16.3. The Hall–Kier alpha value is -3.17. The lowest BCUT2D eigenvalue weighted by atomic mass is 9.60. The fourth-order valence-corrected chi connectivity index (χ4v) is 5.52. The zero-order chi connectivity index (χ0) is 22.8. The predicted octanol–water partition coefficient (Wildman–Crippen LogP) is 0.464. The SMILES string of the molecule is CN(C)[C@@H]1C(O)=C(C(N)=O)C(=O)C2C(O)=C3C(=O)c4c(O)ccc(CN)c4CC3CC21. The fourth-order valence-electron chi connectivity index (χ4n) is 5.52. The molecule has 1 aromatic carbocycles. The molecule has 0 saturated heterocycles. The Morgan fingerprint density at radius 1 is 1.16 bits per heavy atom. The number of fused-ring (bicyclic) bond motifs is 3. The van der Waals surface area contributed by atoms with Crippen molar-refractivity contribution in [1.29, 1.82) is 0 Å². The molecule has 0 spiro atoms. The van der Waals surface area contributed by atoms with Gasteiger partial charge in [-0.15, -0.1) is 0 Å². The number of carbonyl (C=O) groups is 3. The van der Waals surface area contributed by atoms with Crippen molar-refractivity contribution in [3.05, 3.63) is 51.5 Å². The quantitative estimate of drug-likeness (QED) is 0.434. The van der Waals surface area contributed by atoms with Gasteiger partial charge < -0.3 is 26.8 Å². The number of phenolic OH excluding ortho intramolecular Hbond substituents is 1. The van der Waals surface area contributed by atoms with Crippen molar-refractivity contribution < 1.29 is 29.7 Å². The van der Waals surface area contributed by atoms with Gasteiger partial charge in [-0.25, -0.2) is 0 Å². The number of aliphatic hydroxyl groups excluding tert-OH is 2. The van der Waals surface area contributed by atoms with Crippen molar-refractivity contribution in [2.75, 3.05) is 14.1 Å². The summed E-state index contributed by atoms with van der Waals surface area (Å²) in [6.45, 7) is 0.185. The number of ketones is 2. The Labute approximate surface area is 178 Å². The van der Waals surface area contributed by atoms with Gasteiger partial charge in [0.05, 0.1) is 17.5 Å². The molecule has 3 unspecified atom stereocenters. The molecule has 3 aliphatic rings. The van der Waals surface area contributed by atoms with Crippen molar-refractivity contribution in [2.45, 2.75) is 25.4 Å². The van der Waals surface area contributed by atoms with E-state index in [0.717, 1.165) is 5.56 Å². The largest absolute Gasteiger partial charge is 0.511 e. The summed E-state index contributed by atoms with van der Waals surface area (Å²) in [6.07, 6.45) is 0.672. The summed E-state index contributed by atoms with van der Waals surface area (Å²) < 4.78 is 0. The van der Waals surface area contributed by atoms with Gasteiger partial charge in [0.25, 0.3) is 5.91 Å². The number of aliphatic hydroxyl groups is 2. The number of phenols is 1. The van der Waals surface area contributed by atoms with Crippen LogP contribution in [0.1, 0.15) is 27.9 Å². The molecule has 1 amide bonds. The predicted molar refractivity (Wildman–Crippen MR) is 110 cm³/mol. The standard InChI is InChI=1S/C22H25N3O6/c1-25(2)17-11-6-9-5-10-8(7-23)3-4-12(26)14(10)18(27)13(9)19(28)15(11)20(29)16(21(17)30)22(24)31/h3-4,9,11,15,17,26,28,30H,5-7,23H2,1-2H3,(H2,24,31)/t9?,11?,15?,17-/m0/s1. The van der Waals surface area contributed by atoms with Crippen molar-refractivity contribution in [3.8, 4) is 5.75 Å². The molecular weight excluding hydrogens is 402 g/mol. The van der Waals surface area contributed by atoms with Gasteiger partial charge in [0.15, 0.2) is 11.6 Å². The molecule has 0 bridgehead atoms. The summed E-state index contributed by atoms with van der Waals surface area (Å²) in [5.74, 6) is -5.65. The van der Waals surface area contributed by atoms with Crippen molar-refractivity contribution in [1.82, 2.24) is 4.90 Å². The van der Waals surface area contributed by atoms with Crippen LogP contribution in [0, 0.1) is 17.8 Å². The van der Waals surface area contributed by atoms with Crippen molar-refractivity contribution in [2.24, 2.45) is 29.2 Å².